The number of thiol groups is 1. The zero-order chi connectivity index (χ0) is 11.4. The molecule has 0 aliphatic heterocycles. The second-order valence-corrected chi connectivity index (χ2v) is 3.72. The maximum atomic E-state index is 10.9. The van der Waals surface area contributed by atoms with Crippen LogP contribution in [0.5, 0.6) is 5.75 Å². The second-order valence-electron chi connectivity index (χ2n) is 3.27. The van der Waals surface area contributed by atoms with Crippen molar-refractivity contribution in [3.05, 3.63) is 23.3 Å². The predicted octanol–water partition coefficient (Wildman–Crippen LogP) is 2.14. The van der Waals surface area contributed by atoms with Crippen LogP contribution < -0.4 is 4.74 Å². The number of methoxy groups -OCH3 is 1. The summed E-state index contributed by atoms with van der Waals surface area (Å²) in [7, 11) is 1.33. The average Bonchev–Trinajstić information content (AvgIpc) is 2.22. The van der Waals surface area contributed by atoms with Gasteiger partial charge in [0.05, 0.1) is 7.11 Å². The topological polar surface area (TPSA) is 35.5 Å². The molecule has 15 heavy (non-hydrogen) atoms. The summed E-state index contributed by atoms with van der Waals surface area (Å²) in [6.45, 7) is 3.82. The molecular formula is C11H14O3S. The van der Waals surface area contributed by atoms with Gasteiger partial charge in [0.2, 0.25) is 0 Å². The van der Waals surface area contributed by atoms with Crippen LogP contribution in [-0.4, -0.2) is 19.7 Å². The van der Waals surface area contributed by atoms with Crippen LogP contribution in [0.1, 0.15) is 11.1 Å². The van der Waals surface area contributed by atoms with Gasteiger partial charge in [0.15, 0.2) is 6.61 Å². The molecule has 3 nitrogen and oxygen atoms in total. The Morgan fingerprint density at radius 2 is 1.87 bits per heavy atom. The van der Waals surface area contributed by atoms with Gasteiger partial charge in [-0.1, -0.05) is 0 Å². The molecule has 0 saturated carbocycles. The number of hydrogen-bond donors (Lipinski definition) is 1. The van der Waals surface area contributed by atoms with Crippen molar-refractivity contribution in [2.24, 2.45) is 0 Å². The first-order valence-electron chi connectivity index (χ1n) is 4.54. The van der Waals surface area contributed by atoms with Gasteiger partial charge in [-0.05, 0) is 37.1 Å². The van der Waals surface area contributed by atoms with Gasteiger partial charge in [0, 0.05) is 4.90 Å². The lowest BCUT2D eigenvalue weighted by Crippen LogP contribution is -2.12. The number of aryl methyl sites for hydroxylation is 2. The second kappa shape index (κ2) is 5.07. The minimum absolute atomic E-state index is 0.0682. The largest absolute Gasteiger partial charge is 0.482 e. The van der Waals surface area contributed by atoms with E-state index in [0.29, 0.717) is 5.75 Å². The molecule has 0 bridgehead atoms. The number of ether oxygens (including phenoxy) is 2. The zero-order valence-corrected chi connectivity index (χ0v) is 9.93. The molecule has 0 aromatic heterocycles. The van der Waals surface area contributed by atoms with Crippen LogP contribution in [0.25, 0.3) is 0 Å². The molecule has 0 aliphatic carbocycles. The molecule has 0 radical (unpaired) electrons. The molecule has 1 aromatic rings. The fourth-order valence-electron chi connectivity index (χ4n) is 1.20. The molecule has 0 fully saturated rings. The third kappa shape index (κ3) is 3.16. The van der Waals surface area contributed by atoms with Gasteiger partial charge in [-0.15, -0.1) is 12.6 Å². The first-order chi connectivity index (χ1) is 7.04. The standard InChI is InChI=1S/C11H14O3S/c1-7-4-9(5-8(2)11(7)15)14-6-10(12)13-3/h4-5,15H,6H2,1-3H3. The fraction of sp³-hybridized carbons (Fsp3) is 0.364. The predicted molar refractivity (Wildman–Crippen MR) is 60.7 cm³/mol. The van der Waals surface area contributed by atoms with Crippen LogP contribution in [0.15, 0.2) is 17.0 Å². The van der Waals surface area contributed by atoms with Crippen molar-refractivity contribution in [1.82, 2.24) is 0 Å². The number of carbonyl (C=O) groups is 1. The zero-order valence-electron chi connectivity index (χ0n) is 9.03. The van der Waals surface area contributed by atoms with Gasteiger partial charge >= 0.3 is 5.97 Å². The van der Waals surface area contributed by atoms with E-state index >= 15 is 0 Å². The van der Waals surface area contributed by atoms with Crippen LogP contribution in [-0.2, 0) is 9.53 Å². The lowest BCUT2D eigenvalue weighted by molar-refractivity contribution is -0.142. The van der Waals surface area contributed by atoms with E-state index in [2.05, 4.69) is 17.4 Å². The van der Waals surface area contributed by atoms with E-state index in [1.165, 1.54) is 7.11 Å². The monoisotopic (exact) mass is 226 g/mol. The highest BCUT2D eigenvalue weighted by atomic mass is 32.1. The summed E-state index contributed by atoms with van der Waals surface area (Å²) in [6, 6.07) is 3.69. The molecule has 0 unspecified atom stereocenters. The molecule has 0 aliphatic rings. The van der Waals surface area contributed by atoms with Crippen molar-refractivity contribution in [1.29, 1.82) is 0 Å². The third-order valence-electron chi connectivity index (χ3n) is 2.05. The van der Waals surface area contributed by atoms with Crippen molar-refractivity contribution >= 4 is 18.6 Å². The number of benzene rings is 1. The summed E-state index contributed by atoms with van der Waals surface area (Å²) in [5, 5.41) is 0. The molecule has 4 heteroatoms. The van der Waals surface area contributed by atoms with E-state index in [4.69, 9.17) is 4.74 Å². The van der Waals surface area contributed by atoms with Crippen LogP contribution in [0, 0.1) is 13.8 Å². The Morgan fingerprint density at radius 1 is 1.33 bits per heavy atom. The number of esters is 1. The Labute approximate surface area is 94.8 Å². The normalized spacial score (nSPS) is 9.87. The van der Waals surface area contributed by atoms with E-state index in [1.54, 1.807) is 0 Å². The summed E-state index contributed by atoms with van der Waals surface area (Å²) >= 11 is 4.34. The molecule has 0 atom stereocenters. The van der Waals surface area contributed by atoms with Crippen molar-refractivity contribution in [2.75, 3.05) is 13.7 Å². The number of carbonyl (C=O) groups excluding carboxylic acids is 1. The van der Waals surface area contributed by atoms with Crippen molar-refractivity contribution in [2.45, 2.75) is 18.7 Å². The average molecular weight is 226 g/mol. The SMILES string of the molecule is COC(=O)COc1cc(C)c(S)c(C)c1. The highest BCUT2D eigenvalue weighted by Gasteiger charge is 2.05. The van der Waals surface area contributed by atoms with E-state index in [1.807, 2.05) is 26.0 Å². The first kappa shape index (κ1) is 11.9. The van der Waals surface area contributed by atoms with Crippen molar-refractivity contribution in [3.63, 3.8) is 0 Å². The Balaban J connectivity index is 2.75. The van der Waals surface area contributed by atoms with Crippen LogP contribution in [0.3, 0.4) is 0 Å². The van der Waals surface area contributed by atoms with Crippen LogP contribution in [0.2, 0.25) is 0 Å². The summed E-state index contributed by atoms with van der Waals surface area (Å²) < 4.78 is 9.74. The van der Waals surface area contributed by atoms with Gasteiger partial charge in [-0.3, -0.25) is 0 Å². The lowest BCUT2D eigenvalue weighted by Gasteiger charge is -2.09. The minimum Gasteiger partial charge on any atom is -0.482 e. The van der Waals surface area contributed by atoms with Crippen molar-refractivity contribution < 1.29 is 14.3 Å². The molecule has 0 saturated heterocycles. The molecule has 0 N–H and O–H groups in total. The maximum absolute atomic E-state index is 10.9. The minimum atomic E-state index is -0.389. The summed E-state index contributed by atoms with van der Waals surface area (Å²) in [4.78, 5) is 11.8. The molecular weight excluding hydrogens is 212 g/mol. The summed E-state index contributed by atoms with van der Waals surface area (Å²) in [5.41, 5.74) is 2.05. The summed E-state index contributed by atoms with van der Waals surface area (Å²) in [5.74, 6) is 0.272. The van der Waals surface area contributed by atoms with Gasteiger partial charge in [0.25, 0.3) is 0 Å². The molecule has 0 amide bonds. The number of hydrogen-bond acceptors (Lipinski definition) is 4. The lowest BCUT2D eigenvalue weighted by atomic mass is 10.1. The summed E-state index contributed by atoms with van der Waals surface area (Å²) in [6.07, 6.45) is 0. The molecule has 0 heterocycles. The third-order valence-corrected chi connectivity index (χ3v) is 2.75. The smallest absolute Gasteiger partial charge is 0.343 e. The maximum Gasteiger partial charge on any atom is 0.343 e. The quantitative estimate of drug-likeness (QED) is 0.633. The molecule has 0 spiro atoms. The highest BCUT2D eigenvalue weighted by Crippen LogP contribution is 2.24. The number of rotatable bonds is 3. The Bertz CT molecular complexity index is 351. The fourth-order valence-corrected chi connectivity index (χ4v) is 1.33. The molecule has 1 aromatic carbocycles. The van der Waals surface area contributed by atoms with E-state index in [-0.39, 0.29) is 12.6 Å². The van der Waals surface area contributed by atoms with Gasteiger partial charge in [-0.2, -0.15) is 0 Å². The Hall–Kier alpha value is -1.16. The van der Waals surface area contributed by atoms with E-state index in [9.17, 15) is 4.79 Å². The highest BCUT2D eigenvalue weighted by molar-refractivity contribution is 7.80. The van der Waals surface area contributed by atoms with Gasteiger partial charge < -0.3 is 9.47 Å². The van der Waals surface area contributed by atoms with E-state index in [0.717, 1.165) is 16.0 Å². The van der Waals surface area contributed by atoms with Crippen molar-refractivity contribution in [3.8, 4) is 5.75 Å². The molecule has 82 valence electrons. The Morgan fingerprint density at radius 3 is 2.33 bits per heavy atom. The Kier molecular flexibility index (Phi) is 4.03. The molecule has 1 rings (SSSR count). The van der Waals surface area contributed by atoms with Gasteiger partial charge in [0.1, 0.15) is 5.75 Å². The van der Waals surface area contributed by atoms with E-state index < -0.39 is 0 Å². The van der Waals surface area contributed by atoms with Crippen LogP contribution in [0.4, 0.5) is 0 Å². The van der Waals surface area contributed by atoms with Gasteiger partial charge in [-0.25, -0.2) is 4.79 Å². The van der Waals surface area contributed by atoms with Crippen LogP contribution >= 0.6 is 12.6 Å². The first-order valence-corrected chi connectivity index (χ1v) is 4.99.